The van der Waals surface area contributed by atoms with E-state index >= 15 is 0 Å². The fourth-order valence-electron chi connectivity index (χ4n) is 1.53. The van der Waals surface area contributed by atoms with Crippen molar-refractivity contribution in [3.8, 4) is 5.75 Å². The molecular weight excluding hydrogens is 250 g/mol. The zero-order chi connectivity index (χ0) is 13.0. The van der Waals surface area contributed by atoms with Crippen LogP contribution in [0.5, 0.6) is 5.75 Å². The van der Waals surface area contributed by atoms with Crippen LogP contribution >= 0.6 is 11.6 Å². The molecule has 0 saturated carbocycles. The Kier molecular flexibility index (Phi) is 3.85. The molecule has 0 saturated heterocycles. The van der Waals surface area contributed by atoms with Gasteiger partial charge in [0.2, 0.25) is 0 Å². The van der Waals surface area contributed by atoms with Crippen LogP contribution in [-0.2, 0) is 6.54 Å². The van der Waals surface area contributed by atoms with Crippen molar-refractivity contribution in [1.82, 2.24) is 5.32 Å². The van der Waals surface area contributed by atoms with Crippen LogP contribution in [0.15, 0.2) is 48.5 Å². The number of carbonyl (C=O) groups is 1. The summed E-state index contributed by atoms with van der Waals surface area (Å²) in [6.45, 7) is 0.457. The van der Waals surface area contributed by atoms with Gasteiger partial charge >= 0.3 is 0 Å². The van der Waals surface area contributed by atoms with Gasteiger partial charge < -0.3 is 10.4 Å². The molecule has 2 aromatic rings. The maximum atomic E-state index is 11.8. The minimum absolute atomic E-state index is 0.0312. The third-order valence-corrected chi connectivity index (χ3v) is 2.81. The number of phenolic OH excluding ortho intramolecular Hbond substituents is 1. The van der Waals surface area contributed by atoms with E-state index in [2.05, 4.69) is 5.32 Å². The SMILES string of the molecule is O=C(NCc1ccccc1)c1ccc(O)c(Cl)c1. The van der Waals surface area contributed by atoms with Crippen LogP contribution in [-0.4, -0.2) is 11.0 Å². The summed E-state index contributed by atoms with van der Waals surface area (Å²) in [5, 5.41) is 12.2. The van der Waals surface area contributed by atoms with E-state index in [4.69, 9.17) is 11.6 Å². The predicted molar refractivity (Wildman–Crippen MR) is 70.7 cm³/mol. The van der Waals surface area contributed by atoms with Gasteiger partial charge in [0.1, 0.15) is 5.75 Å². The van der Waals surface area contributed by atoms with Gasteiger partial charge in [-0.25, -0.2) is 0 Å². The van der Waals surface area contributed by atoms with Crippen molar-refractivity contribution >= 4 is 17.5 Å². The van der Waals surface area contributed by atoms with Crippen LogP contribution < -0.4 is 5.32 Å². The van der Waals surface area contributed by atoms with Gasteiger partial charge in [-0.3, -0.25) is 4.79 Å². The van der Waals surface area contributed by atoms with E-state index in [1.807, 2.05) is 30.3 Å². The maximum absolute atomic E-state index is 11.8. The van der Waals surface area contributed by atoms with Gasteiger partial charge in [0, 0.05) is 12.1 Å². The molecule has 0 aromatic heterocycles. The van der Waals surface area contributed by atoms with Crippen molar-refractivity contribution in [2.24, 2.45) is 0 Å². The molecule has 0 radical (unpaired) electrons. The van der Waals surface area contributed by atoms with Crippen molar-refractivity contribution in [2.75, 3.05) is 0 Å². The Bertz CT molecular complexity index is 555. The number of nitrogens with one attached hydrogen (secondary N) is 1. The average molecular weight is 262 g/mol. The van der Waals surface area contributed by atoms with Gasteiger partial charge in [0.05, 0.1) is 5.02 Å². The summed E-state index contributed by atoms with van der Waals surface area (Å²) in [6, 6.07) is 14.0. The Morgan fingerprint density at radius 3 is 2.56 bits per heavy atom. The first kappa shape index (κ1) is 12.5. The second-order valence-electron chi connectivity index (χ2n) is 3.83. The standard InChI is InChI=1S/C14H12ClNO2/c15-12-8-11(6-7-13(12)17)14(18)16-9-10-4-2-1-3-5-10/h1-8,17H,9H2,(H,16,18). The second kappa shape index (κ2) is 5.56. The Balaban J connectivity index is 2.02. The first-order valence-corrected chi connectivity index (χ1v) is 5.85. The molecule has 1 amide bonds. The summed E-state index contributed by atoms with van der Waals surface area (Å²) in [5.74, 6) is -0.253. The molecule has 2 N–H and O–H groups in total. The lowest BCUT2D eigenvalue weighted by Crippen LogP contribution is -2.22. The number of aromatic hydroxyl groups is 1. The van der Waals surface area contributed by atoms with Gasteiger partial charge in [-0.2, -0.15) is 0 Å². The van der Waals surface area contributed by atoms with Gasteiger partial charge in [-0.15, -0.1) is 0 Å². The van der Waals surface area contributed by atoms with Crippen LogP contribution in [0.2, 0.25) is 5.02 Å². The molecular formula is C14H12ClNO2. The molecule has 0 atom stereocenters. The molecule has 2 aromatic carbocycles. The first-order valence-electron chi connectivity index (χ1n) is 5.47. The van der Waals surface area contributed by atoms with E-state index in [-0.39, 0.29) is 16.7 Å². The minimum atomic E-state index is -0.222. The highest BCUT2D eigenvalue weighted by atomic mass is 35.5. The van der Waals surface area contributed by atoms with E-state index < -0.39 is 0 Å². The number of hydrogen-bond donors (Lipinski definition) is 2. The molecule has 0 aliphatic rings. The third kappa shape index (κ3) is 3.02. The average Bonchev–Trinajstić information content (AvgIpc) is 2.40. The van der Waals surface area contributed by atoms with Crippen LogP contribution in [0.1, 0.15) is 15.9 Å². The van der Waals surface area contributed by atoms with Crippen LogP contribution in [0.25, 0.3) is 0 Å². The molecule has 0 unspecified atom stereocenters. The lowest BCUT2D eigenvalue weighted by Gasteiger charge is -2.06. The molecule has 3 nitrogen and oxygen atoms in total. The van der Waals surface area contributed by atoms with Gasteiger partial charge in [0.25, 0.3) is 5.91 Å². The number of halogens is 1. The first-order chi connectivity index (χ1) is 8.66. The van der Waals surface area contributed by atoms with Crippen molar-refractivity contribution in [1.29, 1.82) is 0 Å². The summed E-state index contributed by atoms with van der Waals surface area (Å²) in [4.78, 5) is 11.8. The van der Waals surface area contributed by atoms with Crippen molar-refractivity contribution in [2.45, 2.75) is 6.54 Å². The lowest BCUT2D eigenvalue weighted by atomic mass is 10.2. The molecule has 0 spiro atoms. The molecule has 0 aliphatic heterocycles. The minimum Gasteiger partial charge on any atom is -0.506 e. The maximum Gasteiger partial charge on any atom is 0.251 e. The molecule has 0 aliphatic carbocycles. The Labute approximate surface area is 110 Å². The second-order valence-corrected chi connectivity index (χ2v) is 4.24. The summed E-state index contributed by atoms with van der Waals surface area (Å²) < 4.78 is 0. The summed E-state index contributed by atoms with van der Waals surface area (Å²) in [7, 11) is 0. The monoisotopic (exact) mass is 261 g/mol. The number of carbonyl (C=O) groups excluding carboxylic acids is 1. The Morgan fingerprint density at radius 1 is 1.17 bits per heavy atom. The zero-order valence-electron chi connectivity index (χ0n) is 9.56. The normalized spacial score (nSPS) is 10.1. The highest BCUT2D eigenvalue weighted by molar-refractivity contribution is 6.32. The molecule has 92 valence electrons. The predicted octanol–water partition coefficient (Wildman–Crippen LogP) is 2.98. The van der Waals surface area contributed by atoms with Gasteiger partial charge in [-0.1, -0.05) is 41.9 Å². The number of hydrogen-bond acceptors (Lipinski definition) is 2. The summed E-state index contributed by atoms with van der Waals surface area (Å²) in [5.41, 5.74) is 1.45. The summed E-state index contributed by atoms with van der Waals surface area (Å²) in [6.07, 6.45) is 0. The third-order valence-electron chi connectivity index (χ3n) is 2.51. The molecule has 0 bridgehead atoms. The van der Waals surface area contributed by atoms with Crippen LogP contribution in [0, 0.1) is 0 Å². The number of benzene rings is 2. The van der Waals surface area contributed by atoms with Crippen molar-refractivity contribution in [3.63, 3.8) is 0 Å². The topological polar surface area (TPSA) is 49.3 Å². The summed E-state index contributed by atoms with van der Waals surface area (Å²) >= 11 is 5.75. The van der Waals surface area contributed by atoms with E-state index in [9.17, 15) is 9.90 Å². The largest absolute Gasteiger partial charge is 0.506 e. The fraction of sp³-hybridized carbons (Fsp3) is 0.0714. The fourth-order valence-corrected chi connectivity index (χ4v) is 1.71. The van der Waals surface area contributed by atoms with E-state index in [0.717, 1.165) is 5.56 Å². The quantitative estimate of drug-likeness (QED) is 0.892. The van der Waals surface area contributed by atoms with Gasteiger partial charge in [-0.05, 0) is 23.8 Å². The molecule has 18 heavy (non-hydrogen) atoms. The Hall–Kier alpha value is -2.00. The van der Waals surface area contributed by atoms with E-state index in [0.29, 0.717) is 12.1 Å². The number of phenols is 1. The zero-order valence-corrected chi connectivity index (χ0v) is 10.3. The Morgan fingerprint density at radius 2 is 1.89 bits per heavy atom. The van der Waals surface area contributed by atoms with Gasteiger partial charge in [0.15, 0.2) is 0 Å². The van der Waals surface area contributed by atoms with Crippen LogP contribution in [0.3, 0.4) is 0 Å². The highest BCUT2D eigenvalue weighted by Crippen LogP contribution is 2.23. The number of rotatable bonds is 3. The lowest BCUT2D eigenvalue weighted by molar-refractivity contribution is 0.0951. The molecule has 0 fully saturated rings. The molecule has 0 heterocycles. The van der Waals surface area contributed by atoms with Crippen molar-refractivity contribution in [3.05, 3.63) is 64.7 Å². The van der Waals surface area contributed by atoms with E-state index in [1.165, 1.54) is 18.2 Å². The highest BCUT2D eigenvalue weighted by Gasteiger charge is 2.07. The van der Waals surface area contributed by atoms with E-state index in [1.54, 1.807) is 0 Å². The van der Waals surface area contributed by atoms with Crippen molar-refractivity contribution < 1.29 is 9.90 Å². The number of amides is 1. The molecule has 4 heteroatoms. The molecule has 2 rings (SSSR count). The van der Waals surface area contributed by atoms with Crippen LogP contribution in [0.4, 0.5) is 0 Å². The smallest absolute Gasteiger partial charge is 0.251 e.